The summed E-state index contributed by atoms with van der Waals surface area (Å²) >= 11 is 3.14. The largest absolute Gasteiger partial charge is 0.336 e. The van der Waals surface area contributed by atoms with Crippen molar-refractivity contribution < 1.29 is 4.79 Å². The van der Waals surface area contributed by atoms with E-state index in [1.54, 1.807) is 23.1 Å². The number of amides is 1. The maximum atomic E-state index is 12.8. The maximum absolute atomic E-state index is 12.8. The van der Waals surface area contributed by atoms with Crippen LogP contribution in [0.1, 0.15) is 34.5 Å². The molecule has 2 aliphatic rings. The van der Waals surface area contributed by atoms with Gasteiger partial charge in [-0.05, 0) is 49.6 Å². The quantitative estimate of drug-likeness (QED) is 0.752. The molecule has 1 fully saturated rings. The molecule has 1 unspecified atom stereocenters. The molecule has 1 saturated heterocycles. The normalized spacial score (nSPS) is 20.9. The van der Waals surface area contributed by atoms with Gasteiger partial charge in [0.1, 0.15) is 10.0 Å². The minimum absolute atomic E-state index is 0.0584. The molecule has 2 heterocycles. The Morgan fingerprint density at radius 1 is 1.31 bits per heavy atom. The molecular weight excluding hydrogens is 362 g/mol. The number of fused-ring (bicyclic) bond motifs is 1. The lowest BCUT2D eigenvalue weighted by Gasteiger charge is -2.40. The zero-order chi connectivity index (χ0) is 18.1. The number of hydrogen-bond donors (Lipinski definition) is 0. The molecule has 0 saturated carbocycles. The summed E-state index contributed by atoms with van der Waals surface area (Å²) in [6, 6.07) is 9.67. The Hall–Kier alpha value is -1.37. The molecule has 26 heavy (non-hydrogen) atoms. The van der Waals surface area contributed by atoms with Crippen molar-refractivity contribution in [2.45, 2.75) is 42.1 Å². The van der Waals surface area contributed by atoms with Crippen LogP contribution in [-0.4, -0.2) is 59.2 Å². The van der Waals surface area contributed by atoms with Crippen molar-refractivity contribution >= 4 is 29.0 Å². The van der Waals surface area contributed by atoms with E-state index in [-0.39, 0.29) is 11.9 Å². The first kappa shape index (κ1) is 18.0. The summed E-state index contributed by atoms with van der Waals surface area (Å²) < 4.78 is 0.954. The van der Waals surface area contributed by atoms with E-state index < -0.39 is 0 Å². The number of carbonyl (C=O) groups is 1. The van der Waals surface area contributed by atoms with Crippen LogP contribution in [0.4, 0.5) is 0 Å². The molecule has 138 valence electrons. The first-order valence-corrected chi connectivity index (χ1v) is 11.3. The molecule has 1 atom stereocenters. The van der Waals surface area contributed by atoms with Crippen LogP contribution in [0, 0.1) is 0 Å². The summed E-state index contributed by atoms with van der Waals surface area (Å²) in [4.78, 5) is 21.8. The lowest BCUT2D eigenvalue weighted by molar-refractivity contribution is 0.0550. The third-order valence-electron chi connectivity index (χ3n) is 5.72. The van der Waals surface area contributed by atoms with Crippen molar-refractivity contribution in [1.29, 1.82) is 0 Å². The van der Waals surface area contributed by atoms with Gasteiger partial charge in [0, 0.05) is 31.1 Å². The molecule has 0 radical (unpaired) electrons. The second kappa shape index (κ2) is 7.71. The summed E-state index contributed by atoms with van der Waals surface area (Å²) in [7, 11) is 1.94. The Labute approximate surface area is 163 Å². The highest BCUT2D eigenvalue weighted by Gasteiger charge is 2.33. The smallest absolute Gasteiger partial charge is 0.273 e. The van der Waals surface area contributed by atoms with Gasteiger partial charge in [0.05, 0.1) is 0 Å². The second-order valence-electron chi connectivity index (χ2n) is 7.24. The van der Waals surface area contributed by atoms with E-state index >= 15 is 0 Å². The number of benzene rings is 1. The number of rotatable bonds is 4. The molecular formula is C20H25N3OS2. The van der Waals surface area contributed by atoms with Gasteiger partial charge in [-0.1, -0.05) is 36.0 Å². The minimum Gasteiger partial charge on any atom is -0.336 e. The number of aromatic nitrogens is 1. The standard InChI is InChI=1S/C20H25N3OS2/c1-22(19(24)18-13-26-20(21-18)25-2)16-8-5-9-23(12-16)17-10-14-6-3-4-7-15(14)11-17/h3-4,6-7,13,16-17H,5,8-12H2,1-2H3. The molecule has 1 aliphatic heterocycles. The predicted molar refractivity (Wildman–Crippen MR) is 108 cm³/mol. The Bertz CT molecular complexity index is 766. The van der Waals surface area contributed by atoms with Crippen LogP contribution in [0.5, 0.6) is 0 Å². The van der Waals surface area contributed by atoms with E-state index in [1.807, 2.05) is 23.6 Å². The minimum atomic E-state index is 0.0584. The monoisotopic (exact) mass is 387 g/mol. The SMILES string of the molecule is CSc1nc(C(=O)N(C)C2CCCN(C3Cc4ccccc4C3)C2)cs1. The maximum Gasteiger partial charge on any atom is 0.273 e. The first-order valence-electron chi connectivity index (χ1n) is 9.23. The third kappa shape index (κ3) is 3.55. The van der Waals surface area contributed by atoms with Crippen LogP contribution in [0.2, 0.25) is 0 Å². The number of thioether (sulfide) groups is 1. The number of piperidine rings is 1. The number of likely N-dealkylation sites (N-methyl/N-ethyl adjacent to an activating group) is 1. The molecule has 0 bridgehead atoms. The Morgan fingerprint density at radius 3 is 2.69 bits per heavy atom. The zero-order valence-corrected chi connectivity index (χ0v) is 17.0. The first-order chi connectivity index (χ1) is 12.7. The third-order valence-corrected chi connectivity index (χ3v) is 7.58. The number of hydrogen-bond acceptors (Lipinski definition) is 5. The summed E-state index contributed by atoms with van der Waals surface area (Å²) in [6.45, 7) is 2.12. The molecule has 1 aromatic carbocycles. The lowest BCUT2D eigenvalue weighted by Crippen LogP contribution is -2.51. The summed E-state index contributed by atoms with van der Waals surface area (Å²) in [6.07, 6.45) is 6.52. The van der Waals surface area contributed by atoms with Gasteiger partial charge in [0.2, 0.25) is 0 Å². The highest BCUT2D eigenvalue weighted by molar-refractivity contribution is 8.00. The van der Waals surface area contributed by atoms with Crippen LogP contribution in [0.3, 0.4) is 0 Å². The van der Waals surface area contributed by atoms with Crippen molar-refractivity contribution in [3.05, 3.63) is 46.5 Å². The molecule has 6 heteroatoms. The Kier molecular flexibility index (Phi) is 5.34. The van der Waals surface area contributed by atoms with Crippen LogP contribution in [0.25, 0.3) is 0 Å². The molecule has 0 N–H and O–H groups in total. The zero-order valence-electron chi connectivity index (χ0n) is 15.4. The van der Waals surface area contributed by atoms with Crippen LogP contribution in [-0.2, 0) is 12.8 Å². The number of thiazole rings is 1. The van der Waals surface area contributed by atoms with Gasteiger partial charge in [0.15, 0.2) is 0 Å². The number of likely N-dealkylation sites (tertiary alicyclic amines) is 1. The highest BCUT2D eigenvalue weighted by atomic mass is 32.2. The van der Waals surface area contributed by atoms with E-state index in [2.05, 4.69) is 34.1 Å². The van der Waals surface area contributed by atoms with Gasteiger partial charge in [-0.3, -0.25) is 9.69 Å². The predicted octanol–water partition coefficient (Wildman–Crippen LogP) is 3.57. The average molecular weight is 388 g/mol. The summed E-state index contributed by atoms with van der Waals surface area (Å²) in [5.74, 6) is 0.0584. The molecule has 4 nitrogen and oxygen atoms in total. The topological polar surface area (TPSA) is 36.4 Å². The van der Waals surface area contributed by atoms with Crippen molar-refractivity contribution in [2.75, 3.05) is 26.4 Å². The van der Waals surface area contributed by atoms with E-state index in [0.717, 1.165) is 43.1 Å². The highest BCUT2D eigenvalue weighted by Crippen LogP contribution is 2.29. The summed E-state index contributed by atoms with van der Waals surface area (Å²) in [5, 5.41) is 1.89. The van der Waals surface area contributed by atoms with E-state index in [4.69, 9.17) is 0 Å². The van der Waals surface area contributed by atoms with Crippen molar-refractivity contribution in [3.8, 4) is 0 Å². The van der Waals surface area contributed by atoms with E-state index in [9.17, 15) is 4.79 Å². The van der Waals surface area contributed by atoms with Gasteiger partial charge in [-0.25, -0.2) is 4.98 Å². The molecule has 4 rings (SSSR count). The van der Waals surface area contributed by atoms with E-state index in [1.165, 1.54) is 11.1 Å². The number of nitrogens with zero attached hydrogens (tertiary/aromatic N) is 3. The Morgan fingerprint density at radius 2 is 2.04 bits per heavy atom. The van der Waals surface area contributed by atoms with Crippen LogP contribution >= 0.6 is 23.1 Å². The van der Waals surface area contributed by atoms with Crippen LogP contribution < -0.4 is 0 Å². The van der Waals surface area contributed by atoms with Crippen molar-refractivity contribution in [2.24, 2.45) is 0 Å². The fraction of sp³-hybridized carbons (Fsp3) is 0.500. The van der Waals surface area contributed by atoms with Gasteiger partial charge in [0.25, 0.3) is 5.91 Å². The Balaban J connectivity index is 1.41. The lowest BCUT2D eigenvalue weighted by atomic mass is 10.0. The van der Waals surface area contributed by atoms with Gasteiger partial charge < -0.3 is 4.90 Å². The summed E-state index contributed by atoms with van der Waals surface area (Å²) in [5.41, 5.74) is 3.58. The fourth-order valence-electron chi connectivity index (χ4n) is 4.22. The van der Waals surface area contributed by atoms with Gasteiger partial charge in [-0.15, -0.1) is 11.3 Å². The molecule has 1 aromatic heterocycles. The molecule has 1 amide bonds. The fourth-order valence-corrected chi connectivity index (χ4v) is 5.46. The molecule has 0 spiro atoms. The molecule has 2 aromatic rings. The average Bonchev–Trinajstić information content (AvgIpc) is 3.33. The van der Waals surface area contributed by atoms with Crippen LogP contribution in [0.15, 0.2) is 34.0 Å². The van der Waals surface area contributed by atoms with Crippen molar-refractivity contribution in [3.63, 3.8) is 0 Å². The molecule has 1 aliphatic carbocycles. The van der Waals surface area contributed by atoms with Gasteiger partial charge in [-0.2, -0.15) is 0 Å². The van der Waals surface area contributed by atoms with Gasteiger partial charge >= 0.3 is 0 Å². The van der Waals surface area contributed by atoms with E-state index in [0.29, 0.717) is 11.7 Å². The second-order valence-corrected chi connectivity index (χ2v) is 9.15. The van der Waals surface area contributed by atoms with Crippen molar-refractivity contribution in [1.82, 2.24) is 14.8 Å². The number of carbonyl (C=O) groups excluding carboxylic acids is 1.